The molecule has 2 aromatic carbocycles. The van der Waals surface area contributed by atoms with Gasteiger partial charge in [-0.3, -0.25) is 4.79 Å². The highest BCUT2D eigenvalue weighted by atomic mass is 32.1. The third-order valence-electron chi connectivity index (χ3n) is 3.36. The number of carbonyl (C=O) groups is 1. The van der Waals surface area contributed by atoms with Crippen molar-refractivity contribution in [2.45, 2.75) is 0 Å². The number of halogens is 1. The molecule has 0 aliphatic carbocycles. The summed E-state index contributed by atoms with van der Waals surface area (Å²) < 4.78 is 13.3. The van der Waals surface area contributed by atoms with Crippen LogP contribution in [0.4, 0.5) is 10.1 Å². The Morgan fingerprint density at radius 3 is 2.44 bits per heavy atom. The number of nitrogens with one attached hydrogen (secondary N) is 1. The summed E-state index contributed by atoms with van der Waals surface area (Å²) >= 11 is 1.29. The zero-order valence-electron chi connectivity index (χ0n) is 13.5. The van der Waals surface area contributed by atoms with E-state index in [0.29, 0.717) is 15.9 Å². The Kier molecular flexibility index (Phi) is 6.88. The maximum Gasteiger partial charge on any atom is 0.488 e. The van der Waals surface area contributed by atoms with E-state index >= 15 is 0 Å². The molecule has 4 nitrogen and oxygen atoms in total. The van der Waals surface area contributed by atoms with Crippen LogP contribution in [0.1, 0.15) is 9.67 Å². The van der Waals surface area contributed by atoms with E-state index in [4.69, 9.17) is 10.0 Å². The van der Waals surface area contributed by atoms with Crippen LogP contribution in [0.3, 0.4) is 0 Å². The Balaban J connectivity index is 0.000000186. The van der Waals surface area contributed by atoms with Gasteiger partial charge in [0.15, 0.2) is 6.29 Å². The van der Waals surface area contributed by atoms with Crippen LogP contribution in [0, 0.1) is 5.82 Å². The molecular weight excluding hydrogens is 340 g/mol. The molecule has 0 saturated heterocycles. The van der Waals surface area contributed by atoms with Crippen LogP contribution in [0.25, 0.3) is 10.4 Å². The highest BCUT2D eigenvalue weighted by molar-refractivity contribution is 7.17. The molecule has 1 aromatic heterocycles. The van der Waals surface area contributed by atoms with Gasteiger partial charge in [-0.15, -0.1) is 11.3 Å². The van der Waals surface area contributed by atoms with Gasteiger partial charge in [0.25, 0.3) is 0 Å². The van der Waals surface area contributed by atoms with E-state index in [1.165, 1.54) is 17.4 Å². The van der Waals surface area contributed by atoms with Gasteiger partial charge < -0.3 is 15.4 Å². The van der Waals surface area contributed by atoms with Gasteiger partial charge in [-0.1, -0.05) is 30.3 Å². The molecule has 0 aliphatic heterocycles. The van der Waals surface area contributed by atoms with Crippen molar-refractivity contribution in [1.82, 2.24) is 0 Å². The average molecular weight is 357 g/mol. The topological polar surface area (TPSA) is 69.6 Å². The quantitative estimate of drug-likeness (QED) is 0.496. The fourth-order valence-corrected chi connectivity index (χ4v) is 2.93. The molecule has 0 saturated carbocycles. The minimum absolute atomic E-state index is 0.258. The van der Waals surface area contributed by atoms with Crippen molar-refractivity contribution in [3.8, 4) is 10.4 Å². The third-order valence-corrected chi connectivity index (χ3v) is 4.40. The first-order valence-electron chi connectivity index (χ1n) is 7.49. The zero-order chi connectivity index (χ0) is 18.2. The smallest absolute Gasteiger partial charge is 0.423 e. The van der Waals surface area contributed by atoms with Gasteiger partial charge in [0, 0.05) is 23.2 Å². The molecule has 0 spiro atoms. The molecule has 3 N–H and O–H groups in total. The van der Waals surface area contributed by atoms with Crippen LogP contribution in [0.2, 0.25) is 0 Å². The molecule has 7 heteroatoms. The van der Waals surface area contributed by atoms with Gasteiger partial charge >= 0.3 is 7.12 Å². The van der Waals surface area contributed by atoms with Crippen LogP contribution in [0.15, 0.2) is 60.7 Å². The van der Waals surface area contributed by atoms with Gasteiger partial charge in [-0.2, -0.15) is 0 Å². The Morgan fingerprint density at radius 2 is 1.84 bits per heavy atom. The fourth-order valence-electron chi connectivity index (χ4n) is 2.08. The molecule has 3 aromatic rings. The third kappa shape index (κ3) is 5.25. The highest BCUT2D eigenvalue weighted by Crippen LogP contribution is 2.28. The van der Waals surface area contributed by atoms with E-state index in [-0.39, 0.29) is 5.82 Å². The predicted molar refractivity (Wildman–Crippen MR) is 101 cm³/mol. The monoisotopic (exact) mass is 357 g/mol. The normalized spacial score (nSPS) is 9.76. The van der Waals surface area contributed by atoms with Crippen LogP contribution in [-0.4, -0.2) is 30.5 Å². The lowest BCUT2D eigenvalue weighted by Gasteiger charge is -2.02. The SMILES string of the molecule is CNc1cccc(B(O)O)c1.O=Cc1ccc(-c2ccccc2F)s1. The zero-order valence-corrected chi connectivity index (χ0v) is 14.3. The number of hydrogen-bond acceptors (Lipinski definition) is 5. The molecule has 0 bridgehead atoms. The highest BCUT2D eigenvalue weighted by Gasteiger charge is 2.09. The molecule has 0 unspecified atom stereocenters. The molecular formula is C18H17BFNO3S. The summed E-state index contributed by atoms with van der Waals surface area (Å²) in [4.78, 5) is 11.8. The molecule has 0 amide bonds. The minimum atomic E-state index is -1.39. The van der Waals surface area contributed by atoms with Crippen molar-refractivity contribution in [2.75, 3.05) is 12.4 Å². The predicted octanol–water partition coefficient (Wildman–Crippen LogP) is 2.77. The second kappa shape index (κ2) is 9.12. The Labute approximate surface area is 149 Å². The molecule has 1 heterocycles. The fraction of sp³-hybridized carbons (Fsp3) is 0.0556. The number of hydrogen-bond donors (Lipinski definition) is 3. The van der Waals surface area contributed by atoms with Crippen LogP contribution in [-0.2, 0) is 0 Å². The van der Waals surface area contributed by atoms with E-state index < -0.39 is 7.12 Å². The number of benzene rings is 2. The van der Waals surface area contributed by atoms with Gasteiger partial charge in [0.1, 0.15) is 5.82 Å². The average Bonchev–Trinajstić information content (AvgIpc) is 3.11. The molecule has 0 fully saturated rings. The number of aldehydes is 1. The Bertz CT molecular complexity index is 838. The van der Waals surface area contributed by atoms with Crippen molar-refractivity contribution in [2.24, 2.45) is 0 Å². The van der Waals surface area contributed by atoms with Gasteiger partial charge in [0.05, 0.1) is 4.88 Å². The molecule has 25 heavy (non-hydrogen) atoms. The van der Waals surface area contributed by atoms with Gasteiger partial charge in [0.2, 0.25) is 0 Å². The first kappa shape index (κ1) is 18.9. The molecule has 0 aliphatic rings. The van der Waals surface area contributed by atoms with Crippen molar-refractivity contribution >= 4 is 35.9 Å². The molecule has 0 radical (unpaired) electrons. The summed E-state index contributed by atoms with van der Waals surface area (Å²) in [5.74, 6) is -0.258. The maximum atomic E-state index is 13.3. The first-order chi connectivity index (χ1) is 12.0. The summed E-state index contributed by atoms with van der Waals surface area (Å²) in [6.45, 7) is 0. The van der Waals surface area contributed by atoms with Crippen LogP contribution < -0.4 is 10.8 Å². The van der Waals surface area contributed by atoms with Crippen LogP contribution in [0.5, 0.6) is 0 Å². The first-order valence-corrected chi connectivity index (χ1v) is 8.30. The van der Waals surface area contributed by atoms with E-state index in [9.17, 15) is 9.18 Å². The van der Waals surface area contributed by atoms with Crippen molar-refractivity contribution < 1.29 is 19.2 Å². The summed E-state index contributed by atoms with van der Waals surface area (Å²) in [7, 11) is 0.395. The number of rotatable bonds is 4. The van der Waals surface area contributed by atoms with Gasteiger partial charge in [-0.05, 0) is 35.8 Å². The lowest BCUT2D eigenvalue weighted by atomic mass is 9.80. The standard InChI is InChI=1S/C11H7FOS.C7H10BNO2/c12-10-4-2-1-3-9(10)11-6-5-8(7-13)14-11;1-9-7-4-2-3-6(5-7)8(10)11/h1-7H;2-5,9-11H,1H3. The number of thiophene rings is 1. The maximum absolute atomic E-state index is 13.3. The van der Waals surface area contributed by atoms with Gasteiger partial charge in [-0.25, -0.2) is 4.39 Å². The number of carbonyl (C=O) groups excluding carboxylic acids is 1. The summed E-state index contributed by atoms with van der Waals surface area (Å²) in [6.07, 6.45) is 0.773. The molecule has 128 valence electrons. The second-order valence-electron chi connectivity index (χ2n) is 5.05. The Morgan fingerprint density at radius 1 is 1.08 bits per heavy atom. The van der Waals surface area contributed by atoms with Crippen molar-refractivity contribution in [3.63, 3.8) is 0 Å². The van der Waals surface area contributed by atoms with E-state index in [1.807, 2.05) is 6.07 Å². The van der Waals surface area contributed by atoms with E-state index in [2.05, 4.69) is 5.32 Å². The lowest BCUT2D eigenvalue weighted by molar-refractivity contribution is 0.112. The van der Waals surface area contributed by atoms with Crippen LogP contribution >= 0.6 is 11.3 Å². The summed E-state index contributed by atoms with van der Waals surface area (Å²) in [5.41, 5.74) is 1.91. The van der Waals surface area contributed by atoms with E-state index in [1.54, 1.807) is 55.6 Å². The van der Waals surface area contributed by atoms with E-state index in [0.717, 1.165) is 16.9 Å². The summed E-state index contributed by atoms with van der Waals surface area (Å²) in [6, 6.07) is 17.0. The minimum Gasteiger partial charge on any atom is -0.423 e. The number of anilines is 1. The lowest BCUT2D eigenvalue weighted by Crippen LogP contribution is -2.29. The summed E-state index contributed by atoms with van der Waals surface area (Å²) in [5, 5.41) is 20.4. The Hall–Kier alpha value is -2.48. The van der Waals surface area contributed by atoms with Crippen molar-refractivity contribution in [3.05, 3.63) is 71.4 Å². The van der Waals surface area contributed by atoms with Crippen molar-refractivity contribution in [1.29, 1.82) is 0 Å². The second-order valence-corrected chi connectivity index (χ2v) is 6.16. The molecule has 3 rings (SSSR count). The molecule has 0 atom stereocenters. The largest absolute Gasteiger partial charge is 0.488 e.